The molecule has 0 heterocycles. The average Bonchev–Trinajstić information content (AvgIpc) is 2.77. The molecule has 6 heteroatoms. The lowest BCUT2D eigenvalue weighted by Crippen LogP contribution is -2.15. The number of carboxylic acid groups (broad SMARTS) is 1. The minimum Gasteiger partial charge on any atom is -0.478 e. The van der Waals surface area contributed by atoms with Crippen LogP contribution in [0.25, 0.3) is 0 Å². The lowest BCUT2D eigenvalue weighted by Gasteiger charge is -2.24. The van der Waals surface area contributed by atoms with Crippen molar-refractivity contribution in [3.05, 3.63) is 83.9 Å². The third-order valence-electron chi connectivity index (χ3n) is 4.78. The van der Waals surface area contributed by atoms with E-state index < -0.39 is 5.97 Å². The molecule has 3 aromatic carbocycles. The number of anilines is 4. The molecule has 0 spiro atoms. The Hall–Kier alpha value is -3.80. The van der Waals surface area contributed by atoms with Crippen LogP contribution in [0, 0.1) is 0 Å². The molecular weight excluding hydrogens is 368 g/mol. The Balaban J connectivity index is 1.86. The average molecular weight is 390 g/mol. The zero-order chi connectivity index (χ0) is 21.0. The summed E-state index contributed by atoms with van der Waals surface area (Å²) in [5.74, 6) is -1.34. The number of esters is 1. The number of ether oxygens (including phenoxy) is 1. The Labute approximate surface area is 169 Å². The number of nitrogens with zero attached hydrogens (tertiary/aromatic N) is 2. The van der Waals surface area contributed by atoms with E-state index in [0.29, 0.717) is 5.56 Å². The normalized spacial score (nSPS) is 10.3. The van der Waals surface area contributed by atoms with Gasteiger partial charge >= 0.3 is 11.9 Å². The molecular formula is C23H22N2O4. The molecule has 3 rings (SSSR count). The molecule has 29 heavy (non-hydrogen) atoms. The van der Waals surface area contributed by atoms with Gasteiger partial charge in [-0.05, 0) is 54.6 Å². The fourth-order valence-corrected chi connectivity index (χ4v) is 3.08. The van der Waals surface area contributed by atoms with Gasteiger partial charge in [-0.2, -0.15) is 0 Å². The molecule has 0 fully saturated rings. The number of aromatic carboxylic acids is 1. The highest BCUT2D eigenvalue weighted by atomic mass is 16.5. The molecule has 0 unspecified atom stereocenters. The summed E-state index contributed by atoms with van der Waals surface area (Å²) in [6.45, 7) is 0. The van der Waals surface area contributed by atoms with Crippen LogP contribution in [0.2, 0.25) is 0 Å². The van der Waals surface area contributed by atoms with E-state index in [1.165, 1.54) is 7.11 Å². The van der Waals surface area contributed by atoms with Gasteiger partial charge in [0.05, 0.1) is 23.9 Å². The molecule has 0 atom stereocenters. The predicted molar refractivity (Wildman–Crippen MR) is 114 cm³/mol. The number of para-hydroxylation sites is 1. The minimum atomic E-state index is -0.957. The Bertz CT molecular complexity index is 1030. The molecule has 0 aliphatic carbocycles. The number of hydrogen-bond donors (Lipinski definition) is 1. The second-order valence-corrected chi connectivity index (χ2v) is 6.50. The summed E-state index contributed by atoms with van der Waals surface area (Å²) in [5, 5.41) is 9.19. The first kappa shape index (κ1) is 19.9. The highest BCUT2D eigenvalue weighted by molar-refractivity contribution is 5.96. The van der Waals surface area contributed by atoms with Gasteiger partial charge in [0.25, 0.3) is 0 Å². The van der Waals surface area contributed by atoms with E-state index in [1.54, 1.807) is 30.3 Å². The Kier molecular flexibility index (Phi) is 5.83. The second-order valence-electron chi connectivity index (χ2n) is 6.50. The Morgan fingerprint density at radius 3 is 2.03 bits per heavy atom. The lowest BCUT2D eigenvalue weighted by molar-refractivity contribution is 0.0600. The van der Waals surface area contributed by atoms with Crippen LogP contribution in [0.5, 0.6) is 0 Å². The first-order valence-corrected chi connectivity index (χ1v) is 9.00. The molecule has 1 N–H and O–H groups in total. The summed E-state index contributed by atoms with van der Waals surface area (Å²) >= 11 is 0. The molecule has 148 valence electrons. The van der Waals surface area contributed by atoms with Gasteiger partial charge in [0.1, 0.15) is 0 Å². The summed E-state index contributed by atoms with van der Waals surface area (Å²) in [6, 6.07) is 21.8. The van der Waals surface area contributed by atoms with Gasteiger partial charge in [0.15, 0.2) is 0 Å². The van der Waals surface area contributed by atoms with Crippen molar-refractivity contribution in [1.29, 1.82) is 0 Å². The van der Waals surface area contributed by atoms with Crippen LogP contribution in [-0.4, -0.2) is 38.3 Å². The van der Waals surface area contributed by atoms with E-state index in [4.69, 9.17) is 4.74 Å². The van der Waals surface area contributed by atoms with Crippen molar-refractivity contribution in [2.24, 2.45) is 0 Å². The summed E-state index contributed by atoms with van der Waals surface area (Å²) in [5.41, 5.74) is 4.06. The largest absolute Gasteiger partial charge is 0.478 e. The molecule has 0 aliphatic rings. The number of hydrogen-bond acceptors (Lipinski definition) is 5. The molecule has 0 aliphatic heterocycles. The molecule has 3 aromatic rings. The van der Waals surface area contributed by atoms with Crippen LogP contribution in [0.4, 0.5) is 22.7 Å². The summed E-state index contributed by atoms with van der Waals surface area (Å²) < 4.78 is 4.87. The molecule has 0 aromatic heterocycles. The number of carbonyl (C=O) groups excluding carboxylic acids is 1. The number of rotatable bonds is 6. The number of carbonyl (C=O) groups is 2. The smallest absolute Gasteiger partial charge is 0.339 e. The van der Waals surface area contributed by atoms with Crippen LogP contribution in [0.3, 0.4) is 0 Å². The maximum Gasteiger partial charge on any atom is 0.339 e. The Morgan fingerprint density at radius 1 is 0.793 bits per heavy atom. The fraction of sp³-hybridized carbons (Fsp3) is 0.130. The minimum absolute atomic E-state index is 0.241. The molecule has 0 saturated heterocycles. The summed E-state index contributed by atoms with van der Waals surface area (Å²) in [6.07, 6.45) is 0. The van der Waals surface area contributed by atoms with Gasteiger partial charge in [0.2, 0.25) is 0 Å². The van der Waals surface area contributed by atoms with Gasteiger partial charge in [-0.1, -0.05) is 18.2 Å². The van der Waals surface area contributed by atoms with Crippen molar-refractivity contribution in [2.75, 3.05) is 31.0 Å². The molecule has 6 nitrogen and oxygen atoms in total. The van der Waals surface area contributed by atoms with E-state index >= 15 is 0 Å². The van der Waals surface area contributed by atoms with Crippen molar-refractivity contribution in [3.8, 4) is 0 Å². The Morgan fingerprint density at radius 2 is 1.41 bits per heavy atom. The van der Waals surface area contributed by atoms with Crippen LogP contribution in [0.1, 0.15) is 20.7 Å². The first-order chi connectivity index (χ1) is 13.9. The third-order valence-corrected chi connectivity index (χ3v) is 4.78. The van der Waals surface area contributed by atoms with E-state index in [2.05, 4.69) is 0 Å². The standard InChI is InChI=1S/C23H22N2O4/c1-24(19-8-6-7-16(15-19)22(26)27)17-11-13-18(14-12-17)25(2)21-10-5-4-9-20(21)23(28)29-3/h4-15H,1-3H3,(H,26,27). The van der Waals surface area contributed by atoms with Crippen molar-refractivity contribution in [1.82, 2.24) is 0 Å². The topological polar surface area (TPSA) is 70.1 Å². The van der Waals surface area contributed by atoms with Crippen molar-refractivity contribution in [3.63, 3.8) is 0 Å². The second kappa shape index (κ2) is 8.48. The maximum absolute atomic E-state index is 12.0. The summed E-state index contributed by atoms with van der Waals surface area (Å²) in [4.78, 5) is 27.1. The molecule has 0 radical (unpaired) electrons. The van der Waals surface area contributed by atoms with E-state index in [-0.39, 0.29) is 11.5 Å². The van der Waals surface area contributed by atoms with Gasteiger partial charge < -0.3 is 19.6 Å². The molecule has 0 amide bonds. The van der Waals surface area contributed by atoms with Gasteiger partial charge in [-0.25, -0.2) is 9.59 Å². The van der Waals surface area contributed by atoms with E-state index in [9.17, 15) is 14.7 Å². The quantitative estimate of drug-likeness (QED) is 0.615. The van der Waals surface area contributed by atoms with Crippen molar-refractivity contribution < 1.29 is 19.4 Å². The van der Waals surface area contributed by atoms with Gasteiger partial charge in [-0.3, -0.25) is 0 Å². The fourth-order valence-electron chi connectivity index (χ4n) is 3.08. The van der Waals surface area contributed by atoms with E-state index in [1.807, 2.05) is 66.4 Å². The first-order valence-electron chi connectivity index (χ1n) is 9.00. The van der Waals surface area contributed by atoms with E-state index in [0.717, 1.165) is 22.7 Å². The molecule has 0 saturated carbocycles. The van der Waals surface area contributed by atoms with Gasteiger partial charge in [0, 0.05) is 31.2 Å². The van der Waals surface area contributed by atoms with Crippen LogP contribution >= 0.6 is 0 Å². The molecule has 0 bridgehead atoms. The number of benzene rings is 3. The third kappa shape index (κ3) is 4.21. The SMILES string of the molecule is COC(=O)c1ccccc1N(C)c1ccc(N(C)c2cccc(C(=O)O)c2)cc1. The maximum atomic E-state index is 12.0. The van der Waals surface area contributed by atoms with Crippen molar-refractivity contribution >= 4 is 34.7 Å². The monoisotopic (exact) mass is 390 g/mol. The zero-order valence-electron chi connectivity index (χ0n) is 16.5. The highest BCUT2D eigenvalue weighted by Crippen LogP contribution is 2.31. The summed E-state index contributed by atoms with van der Waals surface area (Å²) in [7, 11) is 5.13. The van der Waals surface area contributed by atoms with Crippen molar-refractivity contribution in [2.45, 2.75) is 0 Å². The van der Waals surface area contributed by atoms with Crippen LogP contribution in [-0.2, 0) is 4.74 Å². The number of carboxylic acids is 1. The van der Waals surface area contributed by atoms with Crippen LogP contribution < -0.4 is 9.80 Å². The van der Waals surface area contributed by atoms with Gasteiger partial charge in [-0.15, -0.1) is 0 Å². The lowest BCUT2D eigenvalue weighted by atomic mass is 10.1. The number of methoxy groups -OCH3 is 1. The zero-order valence-corrected chi connectivity index (χ0v) is 16.5. The highest BCUT2D eigenvalue weighted by Gasteiger charge is 2.15. The van der Waals surface area contributed by atoms with Crippen LogP contribution in [0.15, 0.2) is 72.8 Å². The predicted octanol–water partition coefficient (Wildman–Crippen LogP) is 4.71.